The van der Waals surface area contributed by atoms with Gasteiger partial charge in [0.05, 0.1) is 23.8 Å². The molecule has 30 heavy (non-hydrogen) atoms. The van der Waals surface area contributed by atoms with Gasteiger partial charge in [-0.3, -0.25) is 19.9 Å². The van der Waals surface area contributed by atoms with E-state index in [-0.39, 0.29) is 11.6 Å². The first-order chi connectivity index (χ1) is 14.4. The van der Waals surface area contributed by atoms with E-state index >= 15 is 0 Å². The van der Waals surface area contributed by atoms with Gasteiger partial charge in [0.25, 0.3) is 11.6 Å². The molecule has 0 saturated carbocycles. The van der Waals surface area contributed by atoms with E-state index in [1.165, 1.54) is 18.3 Å². The van der Waals surface area contributed by atoms with Crippen LogP contribution in [0.2, 0.25) is 0 Å². The van der Waals surface area contributed by atoms with Gasteiger partial charge in [-0.15, -0.1) is 0 Å². The standard InChI is InChI=1S/C20H14I2N4O4/c21-17-8-14(10-24-25-20(27)15-2-1-7-23-11-15)9-18(22)19(17)30-12-13-3-5-16(6-4-13)26(28)29/h1-11H,12H2,(H,25,27)/b24-10+. The van der Waals surface area contributed by atoms with E-state index in [2.05, 4.69) is 60.7 Å². The number of hydrogen-bond donors (Lipinski definition) is 1. The number of pyridine rings is 1. The van der Waals surface area contributed by atoms with Gasteiger partial charge >= 0.3 is 0 Å². The van der Waals surface area contributed by atoms with Crippen LogP contribution >= 0.6 is 45.2 Å². The molecule has 0 spiro atoms. The summed E-state index contributed by atoms with van der Waals surface area (Å²) in [4.78, 5) is 26.2. The maximum atomic E-state index is 12.0. The molecule has 0 aliphatic carbocycles. The molecule has 0 unspecified atom stereocenters. The SMILES string of the molecule is O=C(N/N=C/c1cc(I)c(OCc2ccc([N+](=O)[O-])cc2)c(I)c1)c1cccnc1. The molecule has 0 fully saturated rings. The van der Waals surface area contributed by atoms with Crippen molar-refractivity contribution < 1.29 is 14.5 Å². The van der Waals surface area contributed by atoms with Crippen molar-refractivity contribution in [2.75, 3.05) is 0 Å². The molecule has 1 N–H and O–H groups in total. The minimum Gasteiger partial charge on any atom is -0.487 e. The zero-order valence-electron chi connectivity index (χ0n) is 15.3. The van der Waals surface area contributed by atoms with Crippen molar-refractivity contribution in [2.45, 2.75) is 6.61 Å². The van der Waals surface area contributed by atoms with E-state index < -0.39 is 4.92 Å². The number of aromatic nitrogens is 1. The number of non-ortho nitro benzene ring substituents is 1. The molecule has 1 heterocycles. The van der Waals surface area contributed by atoms with Crippen LogP contribution in [0, 0.1) is 17.3 Å². The normalized spacial score (nSPS) is 10.7. The highest BCUT2D eigenvalue weighted by molar-refractivity contribution is 14.1. The van der Waals surface area contributed by atoms with Gasteiger partial charge in [0.1, 0.15) is 12.4 Å². The van der Waals surface area contributed by atoms with Gasteiger partial charge in [-0.05, 0) is 92.7 Å². The fourth-order valence-electron chi connectivity index (χ4n) is 2.39. The van der Waals surface area contributed by atoms with Crippen molar-refractivity contribution in [1.29, 1.82) is 0 Å². The highest BCUT2D eigenvalue weighted by Gasteiger charge is 2.10. The smallest absolute Gasteiger partial charge is 0.272 e. The Labute approximate surface area is 199 Å². The summed E-state index contributed by atoms with van der Waals surface area (Å²) in [5.74, 6) is 0.373. The van der Waals surface area contributed by atoms with Gasteiger partial charge in [-0.2, -0.15) is 5.10 Å². The Kier molecular flexibility index (Phi) is 7.68. The molecule has 3 rings (SSSR count). The van der Waals surface area contributed by atoms with Gasteiger partial charge in [-0.25, -0.2) is 5.43 Å². The molecule has 3 aromatic rings. The zero-order chi connectivity index (χ0) is 21.5. The van der Waals surface area contributed by atoms with Crippen LogP contribution < -0.4 is 10.2 Å². The van der Waals surface area contributed by atoms with Crippen molar-refractivity contribution in [3.63, 3.8) is 0 Å². The molecule has 0 bridgehead atoms. The molecule has 10 heteroatoms. The van der Waals surface area contributed by atoms with E-state index in [0.717, 1.165) is 18.3 Å². The van der Waals surface area contributed by atoms with Crippen molar-refractivity contribution in [3.05, 3.63) is 94.9 Å². The number of ether oxygens (including phenoxy) is 1. The largest absolute Gasteiger partial charge is 0.487 e. The zero-order valence-corrected chi connectivity index (χ0v) is 19.6. The fraction of sp³-hybridized carbons (Fsp3) is 0.0500. The van der Waals surface area contributed by atoms with E-state index in [4.69, 9.17) is 4.74 Å². The van der Waals surface area contributed by atoms with Crippen molar-refractivity contribution in [3.8, 4) is 5.75 Å². The third kappa shape index (κ3) is 5.95. The molecule has 0 aliphatic heterocycles. The number of nitrogens with zero attached hydrogens (tertiary/aromatic N) is 3. The molecule has 2 aromatic carbocycles. The summed E-state index contributed by atoms with van der Waals surface area (Å²) < 4.78 is 7.66. The summed E-state index contributed by atoms with van der Waals surface area (Å²) in [5.41, 5.74) is 4.57. The predicted octanol–water partition coefficient (Wildman–Crippen LogP) is 4.54. The maximum Gasteiger partial charge on any atom is 0.272 e. The molecule has 0 saturated heterocycles. The van der Waals surface area contributed by atoms with Crippen LogP contribution in [-0.4, -0.2) is 22.0 Å². The second-order valence-corrected chi connectivity index (χ2v) is 8.29. The lowest BCUT2D eigenvalue weighted by Gasteiger charge is -2.11. The van der Waals surface area contributed by atoms with Crippen molar-refractivity contribution >= 4 is 63.0 Å². The fourth-order valence-corrected chi connectivity index (χ4v) is 4.52. The van der Waals surface area contributed by atoms with E-state index in [1.54, 1.807) is 36.7 Å². The van der Waals surface area contributed by atoms with Gasteiger partial charge in [0.15, 0.2) is 0 Å². The first-order valence-corrected chi connectivity index (χ1v) is 10.7. The predicted molar refractivity (Wildman–Crippen MR) is 129 cm³/mol. The quantitative estimate of drug-likeness (QED) is 0.179. The summed E-state index contributed by atoms with van der Waals surface area (Å²) >= 11 is 4.33. The van der Waals surface area contributed by atoms with E-state index in [9.17, 15) is 14.9 Å². The molecule has 1 aromatic heterocycles. The minimum atomic E-state index is -0.435. The number of hydrazone groups is 1. The molecular formula is C20H14I2N4O4. The summed E-state index contributed by atoms with van der Waals surface area (Å²) in [6.45, 7) is 0.290. The van der Waals surface area contributed by atoms with E-state index in [1.807, 2.05) is 12.1 Å². The number of nitro groups is 1. The van der Waals surface area contributed by atoms with Crippen molar-refractivity contribution in [1.82, 2.24) is 10.4 Å². The number of nitro benzene ring substituents is 1. The minimum absolute atomic E-state index is 0.0437. The molecule has 152 valence electrons. The molecule has 0 radical (unpaired) electrons. The number of nitrogens with one attached hydrogen (secondary N) is 1. The first kappa shape index (κ1) is 22.1. The second kappa shape index (κ2) is 10.4. The van der Waals surface area contributed by atoms with Crippen LogP contribution in [0.1, 0.15) is 21.5 Å². The molecule has 8 nitrogen and oxygen atoms in total. The number of carbonyl (C=O) groups excluding carboxylic acids is 1. The molecular weight excluding hydrogens is 614 g/mol. The Bertz CT molecular complexity index is 1070. The Morgan fingerprint density at radius 1 is 1.20 bits per heavy atom. The second-order valence-electron chi connectivity index (χ2n) is 5.97. The van der Waals surface area contributed by atoms with E-state index in [0.29, 0.717) is 17.9 Å². The average molecular weight is 628 g/mol. The lowest BCUT2D eigenvalue weighted by molar-refractivity contribution is -0.384. The van der Waals surface area contributed by atoms with Gasteiger partial charge in [0.2, 0.25) is 0 Å². The van der Waals surface area contributed by atoms with Gasteiger partial charge in [-0.1, -0.05) is 0 Å². The number of amides is 1. The highest BCUT2D eigenvalue weighted by Crippen LogP contribution is 2.29. The number of rotatable bonds is 7. The van der Waals surface area contributed by atoms with Crippen LogP contribution in [0.25, 0.3) is 0 Å². The summed E-state index contributed by atoms with van der Waals surface area (Å²) in [6.07, 6.45) is 4.61. The van der Waals surface area contributed by atoms with Gasteiger partial charge in [0, 0.05) is 24.5 Å². The van der Waals surface area contributed by atoms with Gasteiger partial charge < -0.3 is 4.74 Å². The summed E-state index contributed by atoms with van der Waals surface area (Å²) in [5, 5.41) is 14.7. The third-order valence-electron chi connectivity index (χ3n) is 3.85. The number of benzene rings is 2. The molecule has 0 atom stereocenters. The monoisotopic (exact) mass is 628 g/mol. The topological polar surface area (TPSA) is 107 Å². The van der Waals surface area contributed by atoms with Crippen LogP contribution in [0.3, 0.4) is 0 Å². The average Bonchev–Trinajstić information content (AvgIpc) is 2.74. The Hall–Kier alpha value is -2.61. The molecule has 1 amide bonds. The molecule has 0 aliphatic rings. The summed E-state index contributed by atoms with van der Waals surface area (Å²) in [7, 11) is 0. The highest BCUT2D eigenvalue weighted by atomic mass is 127. The lowest BCUT2D eigenvalue weighted by atomic mass is 10.2. The number of carbonyl (C=O) groups is 1. The van der Waals surface area contributed by atoms with Crippen LogP contribution in [0.15, 0.2) is 66.0 Å². The lowest BCUT2D eigenvalue weighted by Crippen LogP contribution is -2.17. The number of halogens is 2. The maximum absolute atomic E-state index is 12.0. The number of hydrogen-bond acceptors (Lipinski definition) is 6. The van der Waals surface area contributed by atoms with Crippen LogP contribution in [0.5, 0.6) is 5.75 Å². The third-order valence-corrected chi connectivity index (χ3v) is 5.46. The van der Waals surface area contributed by atoms with Crippen LogP contribution in [-0.2, 0) is 6.61 Å². The van der Waals surface area contributed by atoms with Crippen molar-refractivity contribution in [2.24, 2.45) is 5.10 Å². The Morgan fingerprint density at radius 3 is 2.50 bits per heavy atom. The Morgan fingerprint density at radius 2 is 1.90 bits per heavy atom. The Balaban J connectivity index is 1.63. The summed E-state index contributed by atoms with van der Waals surface area (Å²) in [6, 6.07) is 13.3. The first-order valence-electron chi connectivity index (χ1n) is 8.52. The van der Waals surface area contributed by atoms with Crippen LogP contribution in [0.4, 0.5) is 5.69 Å².